The van der Waals surface area contributed by atoms with Crippen LogP contribution >= 0.6 is 11.3 Å². The minimum Gasteiger partial charge on any atom is -0.480 e. The van der Waals surface area contributed by atoms with Gasteiger partial charge in [0.15, 0.2) is 0 Å². The Morgan fingerprint density at radius 2 is 1.95 bits per heavy atom. The molecule has 2 aromatic rings. The minimum absolute atomic E-state index is 0.316. The molecule has 0 aliphatic heterocycles. The number of benzene rings is 1. The number of hydrogen-bond donors (Lipinski definition) is 2. The molecule has 1 aromatic heterocycles. The van der Waals surface area contributed by atoms with Crippen molar-refractivity contribution in [3.8, 4) is 11.1 Å². The van der Waals surface area contributed by atoms with Crippen LogP contribution in [0.4, 0.5) is 4.39 Å². The molecule has 2 N–H and O–H groups in total. The number of amides is 1. The molecular weight excluding hydrogens is 305 g/mol. The summed E-state index contributed by atoms with van der Waals surface area (Å²) in [4.78, 5) is 24.5. The van der Waals surface area contributed by atoms with Gasteiger partial charge in [0.2, 0.25) is 0 Å². The van der Waals surface area contributed by atoms with E-state index < -0.39 is 17.9 Å². The first kappa shape index (κ1) is 16.2. The van der Waals surface area contributed by atoms with Crippen molar-refractivity contribution < 1.29 is 19.1 Å². The summed E-state index contributed by atoms with van der Waals surface area (Å²) in [6, 6.07) is 6.84. The third-order valence-corrected chi connectivity index (χ3v) is 4.36. The van der Waals surface area contributed by atoms with E-state index in [1.165, 1.54) is 23.5 Å². The van der Waals surface area contributed by atoms with Crippen LogP contribution in [0.5, 0.6) is 0 Å². The van der Waals surface area contributed by atoms with Gasteiger partial charge in [-0.1, -0.05) is 19.1 Å². The van der Waals surface area contributed by atoms with Gasteiger partial charge in [-0.05, 0) is 42.7 Å². The minimum atomic E-state index is -1.05. The highest BCUT2D eigenvalue weighted by Gasteiger charge is 2.20. The van der Waals surface area contributed by atoms with Gasteiger partial charge in [0.25, 0.3) is 5.91 Å². The quantitative estimate of drug-likeness (QED) is 0.886. The summed E-state index contributed by atoms with van der Waals surface area (Å²) in [5.41, 5.74) is 1.66. The van der Waals surface area contributed by atoms with Crippen LogP contribution in [0.1, 0.15) is 27.9 Å². The monoisotopic (exact) mass is 321 g/mol. The lowest BCUT2D eigenvalue weighted by Gasteiger charge is -2.10. The summed E-state index contributed by atoms with van der Waals surface area (Å²) in [5.74, 6) is -1.78. The molecule has 1 heterocycles. The number of carbonyl (C=O) groups is 2. The Morgan fingerprint density at radius 3 is 2.50 bits per heavy atom. The summed E-state index contributed by atoms with van der Waals surface area (Å²) in [6.07, 6.45) is 0.316. The fraction of sp³-hybridized carbons (Fsp3) is 0.250. The van der Waals surface area contributed by atoms with E-state index in [1.54, 1.807) is 25.1 Å². The fourth-order valence-corrected chi connectivity index (χ4v) is 3.02. The van der Waals surface area contributed by atoms with E-state index in [1.807, 2.05) is 6.92 Å². The van der Waals surface area contributed by atoms with Crippen LogP contribution in [0.25, 0.3) is 11.1 Å². The Bertz CT molecular complexity index is 694. The van der Waals surface area contributed by atoms with E-state index in [2.05, 4.69) is 5.32 Å². The van der Waals surface area contributed by atoms with Crippen molar-refractivity contribution in [3.05, 3.63) is 45.9 Å². The summed E-state index contributed by atoms with van der Waals surface area (Å²) in [5, 5.41) is 11.5. The SMILES string of the molecule is CCC(NC(=O)c1cc(-c2ccc(F)cc2)c(C)s1)C(=O)O. The first-order valence-electron chi connectivity index (χ1n) is 6.82. The summed E-state index contributed by atoms with van der Waals surface area (Å²) in [6.45, 7) is 3.57. The average Bonchev–Trinajstić information content (AvgIpc) is 2.87. The zero-order valence-corrected chi connectivity index (χ0v) is 13.0. The number of carboxylic acid groups (broad SMARTS) is 1. The number of aryl methyl sites for hydroxylation is 1. The number of rotatable bonds is 5. The molecule has 0 spiro atoms. The van der Waals surface area contributed by atoms with Crippen molar-refractivity contribution >= 4 is 23.2 Å². The molecule has 0 saturated carbocycles. The second-order valence-corrected chi connectivity index (χ2v) is 6.12. The molecule has 0 saturated heterocycles. The molecule has 4 nitrogen and oxygen atoms in total. The van der Waals surface area contributed by atoms with Crippen LogP contribution in [0.15, 0.2) is 30.3 Å². The number of hydrogen-bond acceptors (Lipinski definition) is 3. The number of carbonyl (C=O) groups excluding carboxylic acids is 1. The Hall–Kier alpha value is -2.21. The highest BCUT2D eigenvalue weighted by molar-refractivity contribution is 7.14. The van der Waals surface area contributed by atoms with Gasteiger partial charge in [0.05, 0.1) is 4.88 Å². The maximum atomic E-state index is 13.0. The van der Waals surface area contributed by atoms with Crippen molar-refractivity contribution in [2.75, 3.05) is 0 Å². The summed E-state index contributed by atoms with van der Waals surface area (Å²) >= 11 is 1.29. The summed E-state index contributed by atoms with van der Waals surface area (Å²) < 4.78 is 13.0. The Labute approximate surface area is 131 Å². The Kier molecular flexibility index (Phi) is 4.92. The van der Waals surface area contributed by atoms with E-state index in [-0.39, 0.29) is 5.82 Å². The van der Waals surface area contributed by atoms with Crippen molar-refractivity contribution in [1.82, 2.24) is 5.32 Å². The van der Waals surface area contributed by atoms with Gasteiger partial charge < -0.3 is 10.4 Å². The lowest BCUT2D eigenvalue weighted by Crippen LogP contribution is -2.39. The molecule has 0 radical (unpaired) electrons. The molecule has 116 valence electrons. The maximum Gasteiger partial charge on any atom is 0.326 e. The Morgan fingerprint density at radius 1 is 1.32 bits per heavy atom. The van der Waals surface area contributed by atoms with Crippen molar-refractivity contribution in [3.63, 3.8) is 0 Å². The molecule has 6 heteroatoms. The normalized spacial score (nSPS) is 12.0. The lowest BCUT2D eigenvalue weighted by atomic mass is 10.1. The van der Waals surface area contributed by atoms with Gasteiger partial charge in [-0.25, -0.2) is 9.18 Å². The highest BCUT2D eigenvalue weighted by Crippen LogP contribution is 2.31. The predicted octanol–water partition coefficient (Wildman–Crippen LogP) is 3.46. The number of aliphatic carboxylic acids is 1. The van der Waals surface area contributed by atoms with Crippen molar-refractivity contribution in [1.29, 1.82) is 0 Å². The van der Waals surface area contributed by atoms with Gasteiger partial charge in [-0.15, -0.1) is 11.3 Å². The largest absolute Gasteiger partial charge is 0.480 e. The second-order valence-electron chi connectivity index (χ2n) is 4.86. The molecule has 22 heavy (non-hydrogen) atoms. The first-order chi connectivity index (χ1) is 10.4. The lowest BCUT2D eigenvalue weighted by molar-refractivity contribution is -0.139. The average molecular weight is 321 g/mol. The van der Waals surface area contributed by atoms with Crippen LogP contribution in [0, 0.1) is 12.7 Å². The second kappa shape index (κ2) is 6.70. The van der Waals surface area contributed by atoms with E-state index in [4.69, 9.17) is 5.11 Å². The molecular formula is C16H16FNO3S. The van der Waals surface area contributed by atoms with Crippen LogP contribution in [0.2, 0.25) is 0 Å². The Balaban J connectivity index is 2.24. The molecule has 1 atom stereocenters. The van der Waals surface area contributed by atoms with Gasteiger partial charge in [0, 0.05) is 4.88 Å². The molecule has 0 bridgehead atoms. The zero-order chi connectivity index (χ0) is 16.3. The topological polar surface area (TPSA) is 66.4 Å². The third kappa shape index (κ3) is 3.51. The fourth-order valence-electron chi connectivity index (χ4n) is 2.08. The molecule has 1 unspecified atom stereocenters. The zero-order valence-electron chi connectivity index (χ0n) is 12.2. The molecule has 1 amide bonds. The van der Waals surface area contributed by atoms with E-state index in [0.717, 1.165) is 16.0 Å². The number of halogens is 1. The standard InChI is InChI=1S/C16H16FNO3S/c1-3-13(16(20)21)18-15(19)14-8-12(9(2)22-14)10-4-6-11(17)7-5-10/h4-8,13H,3H2,1-2H3,(H,18,19)(H,20,21). The number of thiophene rings is 1. The number of carboxylic acids is 1. The van der Waals surface area contributed by atoms with Crippen LogP contribution in [-0.2, 0) is 4.79 Å². The number of nitrogens with one attached hydrogen (secondary N) is 1. The third-order valence-electron chi connectivity index (χ3n) is 3.31. The van der Waals surface area contributed by atoms with Crippen molar-refractivity contribution in [2.45, 2.75) is 26.3 Å². The maximum absolute atomic E-state index is 13.0. The van der Waals surface area contributed by atoms with E-state index >= 15 is 0 Å². The van der Waals surface area contributed by atoms with Crippen molar-refractivity contribution in [2.24, 2.45) is 0 Å². The predicted molar refractivity (Wildman–Crippen MR) is 83.6 cm³/mol. The molecule has 0 aliphatic rings. The smallest absolute Gasteiger partial charge is 0.326 e. The molecule has 1 aromatic carbocycles. The van der Waals surface area contributed by atoms with Gasteiger partial charge in [-0.2, -0.15) is 0 Å². The van der Waals surface area contributed by atoms with E-state index in [0.29, 0.717) is 11.3 Å². The molecule has 2 rings (SSSR count). The summed E-state index contributed by atoms with van der Waals surface area (Å²) in [7, 11) is 0. The van der Waals surface area contributed by atoms with Crippen LogP contribution < -0.4 is 5.32 Å². The van der Waals surface area contributed by atoms with Crippen LogP contribution in [0.3, 0.4) is 0 Å². The molecule has 0 aliphatic carbocycles. The highest BCUT2D eigenvalue weighted by atomic mass is 32.1. The van der Waals surface area contributed by atoms with Gasteiger partial charge in [-0.3, -0.25) is 4.79 Å². The van der Waals surface area contributed by atoms with Crippen LogP contribution in [-0.4, -0.2) is 23.0 Å². The van der Waals surface area contributed by atoms with E-state index in [9.17, 15) is 14.0 Å². The van der Waals surface area contributed by atoms with Gasteiger partial charge >= 0.3 is 5.97 Å². The first-order valence-corrected chi connectivity index (χ1v) is 7.64. The van der Waals surface area contributed by atoms with Gasteiger partial charge in [0.1, 0.15) is 11.9 Å². The molecule has 0 fully saturated rings.